The van der Waals surface area contributed by atoms with Gasteiger partial charge in [-0.15, -0.1) is 0 Å². The first kappa shape index (κ1) is 17.0. The van der Waals surface area contributed by atoms with Crippen LogP contribution < -0.4 is 4.72 Å². The minimum absolute atomic E-state index is 0.0174. The van der Waals surface area contributed by atoms with Crippen LogP contribution in [0.2, 0.25) is 0 Å². The van der Waals surface area contributed by atoms with Gasteiger partial charge in [0.25, 0.3) is 5.69 Å². The van der Waals surface area contributed by atoms with Crippen molar-refractivity contribution in [1.29, 1.82) is 0 Å². The monoisotopic (exact) mass is 334 g/mol. The van der Waals surface area contributed by atoms with Crippen LogP contribution in [0.3, 0.4) is 0 Å². The summed E-state index contributed by atoms with van der Waals surface area (Å²) in [7, 11) is -3.35. The Balaban J connectivity index is 2.22. The summed E-state index contributed by atoms with van der Waals surface area (Å²) in [5.41, 5.74) is 1.62. The minimum atomic E-state index is -3.35. The molecule has 122 valence electrons. The van der Waals surface area contributed by atoms with E-state index in [4.69, 9.17) is 0 Å². The number of hydrogen-bond acceptors (Lipinski definition) is 4. The predicted molar refractivity (Wildman–Crippen MR) is 90.8 cm³/mol. The molecule has 6 nitrogen and oxygen atoms in total. The fraction of sp³-hybridized carbons (Fsp3) is 0.250. The molecule has 0 fully saturated rings. The Kier molecular flexibility index (Phi) is 5.33. The summed E-state index contributed by atoms with van der Waals surface area (Å²) in [5, 5.41) is 11.1. The number of nitrogens with one attached hydrogen (secondary N) is 1. The van der Waals surface area contributed by atoms with Crippen LogP contribution in [-0.2, 0) is 10.0 Å². The normalized spacial score (nSPS) is 11.2. The van der Waals surface area contributed by atoms with Crippen LogP contribution in [0.4, 0.5) is 11.4 Å². The lowest BCUT2D eigenvalue weighted by molar-refractivity contribution is -0.384. The summed E-state index contributed by atoms with van der Waals surface area (Å²) in [5.74, 6) is 0.0788. The molecule has 1 N–H and O–H groups in total. The maximum atomic E-state index is 11.9. The Bertz CT molecular complexity index is 786. The quantitative estimate of drug-likeness (QED) is 0.616. The van der Waals surface area contributed by atoms with E-state index in [0.717, 1.165) is 6.42 Å². The standard InChI is InChI=1S/C16H18N2O4S/c1-2-3-12-23(21,22)17-14-10-8-13(9-11-14)15-6-4-5-7-16(15)18(19)20/h4-11,17H,2-3,12H2,1H3. The summed E-state index contributed by atoms with van der Waals surface area (Å²) in [6, 6.07) is 13.0. The summed E-state index contributed by atoms with van der Waals surface area (Å²) in [4.78, 5) is 10.6. The predicted octanol–water partition coefficient (Wildman–Crippen LogP) is 3.80. The number of rotatable bonds is 7. The van der Waals surface area contributed by atoms with Gasteiger partial charge in [0, 0.05) is 11.8 Å². The minimum Gasteiger partial charge on any atom is -0.284 e. The number of anilines is 1. The number of para-hydroxylation sites is 1. The fourth-order valence-corrected chi connectivity index (χ4v) is 3.43. The average molecular weight is 334 g/mol. The highest BCUT2D eigenvalue weighted by atomic mass is 32.2. The van der Waals surface area contributed by atoms with Crippen molar-refractivity contribution < 1.29 is 13.3 Å². The Morgan fingerprint density at radius 2 is 1.74 bits per heavy atom. The van der Waals surface area contributed by atoms with E-state index in [1.807, 2.05) is 6.92 Å². The van der Waals surface area contributed by atoms with Crippen molar-refractivity contribution in [3.8, 4) is 11.1 Å². The summed E-state index contributed by atoms with van der Waals surface area (Å²) in [6.07, 6.45) is 1.40. The second-order valence-corrected chi connectivity index (χ2v) is 6.97. The highest BCUT2D eigenvalue weighted by Gasteiger charge is 2.14. The third kappa shape index (κ3) is 4.53. The van der Waals surface area contributed by atoms with Crippen LogP contribution in [0.25, 0.3) is 11.1 Å². The number of nitro groups is 1. The lowest BCUT2D eigenvalue weighted by atomic mass is 10.0. The van der Waals surface area contributed by atoms with Gasteiger partial charge in [0.15, 0.2) is 0 Å². The molecule has 0 amide bonds. The number of nitrogens with zero attached hydrogens (tertiary/aromatic N) is 1. The van der Waals surface area contributed by atoms with Gasteiger partial charge in [-0.25, -0.2) is 8.42 Å². The number of unbranched alkanes of at least 4 members (excludes halogenated alkanes) is 1. The van der Waals surface area contributed by atoms with Gasteiger partial charge < -0.3 is 0 Å². The molecule has 0 spiro atoms. The molecule has 23 heavy (non-hydrogen) atoms. The number of sulfonamides is 1. The SMILES string of the molecule is CCCCS(=O)(=O)Nc1ccc(-c2ccccc2[N+](=O)[O-])cc1. The Hall–Kier alpha value is -2.41. The molecular formula is C16H18N2O4S. The van der Waals surface area contributed by atoms with Crippen molar-refractivity contribution in [2.75, 3.05) is 10.5 Å². The third-order valence-electron chi connectivity index (χ3n) is 3.34. The molecule has 0 aliphatic heterocycles. The van der Waals surface area contributed by atoms with Crippen LogP contribution in [0.15, 0.2) is 48.5 Å². The van der Waals surface area contributed by atoms with Crippen LogP contribution in [0.5, 0.6) is 0 Å². The smallest absolute Gasteiger partial charge is 0.277 e. The van der Waals surface area contributed by atoms with Gasteiger partial charge >= 0.3 is 0 Å². The van der Waals surface area contributed by atoms with Gasteiger partial charge in [-0.05, 0) is 30.2 Å². The first-order valence-corrected chi connectivity index (χ1v) is 8.92. The molecule has 0 radical (unpaired) electrons. The largest absolute Gasteiger partial charge is 0.284 e. The van der Waals surface area contributed by atoms with Gasteiger partial charge in [0.2, 0.25) is 10.0 Å². The topological polar surface area (TPSA) is 89.3 Å². The molecule has 0 atom stereocenters. The lowest BCUT2D eigenvalue weighted by Crippen LogP contribution is -2.16. The first-order chi connectivity index (χ1) is 10.9. The van der Waals surface area contributed by atoms with E-state index in [9.17, 15) is 18.5 Å². The number of hydrogen-bond donors (Lipinski definition) is 1. The zero-order valence-corrected chi connectivity index (χ0v) is 13.5. The van der Waals surface area contributed by atoms with Crippen LogP contribution in [0, 0.1) is 10.1 Å². The van der Waals surface area contributed by atoms with E-state index in [1.54, 1.807) is 42.5 Å². The van der Waals surface area contributed by atoms with E-state index < -0.39 is 14.9 Å². The number of benzene rings is 2. The zero-order chi connectivity index (χ0) is 16.9. The van der Waals surface area contributed by atoms with Gasteiger partial charge in [0.1, 0.15) is 0 Å². The third-order valence-corrected chi connectivity index (χ3v) is 4.71. The second-order valence-electron chi connectivity index (χ2n) is 5.13. The van der Waals surface area contributed by atoms with E-state index in [2.05, 4.69) is 4.72 Å². The fourth-order valence-electron chi connectivity index (χ4n) is 2.16. The molecule has 0 aromatic heterocycles. The highest BCUT2D eigenvalue weighted by Crippen LogP contribution is 2.30. The molecule has 0 saturated heterocycles. The van der Waals surface area contributed by atoms with Crippen LogP contribution in [-0.4, -0.2) is 19.1 Å². The molecule has 7 heteroatoms. The van der Waals surface area contributed by atoms with Gasteiger partial charge in [0.05, 0.1) is 16.2 Å². The van der Waals surface area contributed by atoms with Gasteiger partial charge in [-0.2, -0.15) is 0 Å². The van der Waals surface area contributed by atoms with E-state index >= 15 is 0 Å². The van der Waals surface area contributed by atoms with Crippen molar-refractivity contribution in [2.45, 2.75) is 19.8 Å². The van der Waals surface area contributed by atoms with Gasteiger partial charge in [-0.3, -0.25) is 14.8 Å². The van der Waals surface area contributed by atoms with Crippen LogP contribution in [0.1, 0.15) is 19.8 Å². The average Bonchev–Trinajstić information content (AvgIpc) is 2.53. The molecule has 2 aromatic carbocycles. The van der Waals surface area contributed by atoms with Crippen molar-refractivity contribution >= 4 is 21.4 Å². The van der Waals surface area contributed by atoms with Gasteiger partial charge in [-0.1, -0.05) is 37.6 Å². The van der Waals surface area contributed by atoms with Crippen molar-refractivity contribution in [1.82, 2.24) is 0 Å². The molecule has 0 bridgehead atoms. The Morgan fingerprint density at radius 1 is 1.09 bits per heavy atom. The highest BCUT2D eigenvalue weighted by molar-refractivity contribution is 7.92. The van der Waals surface area contributed by atoms with Crippen molar-refractivity contribution in [2.24, 2.45) is 0 Å². The molecule has 0 aliphatic rings. The Morgan fingerprint density at radius 3 is 2.35 bits per heavy atom. The van der Waals surface area contributed by atoms with E-state index in [1.165, 1.54) is 6.07 Å². The van der Waals surface area contributed by atoms with E-state index in [0.29, 0.717) is 23.2 Å². The van der Waals surface area contributed by atoms with Crippen molar-refractivity contribution in [3.05, 3.63) is 58.6 Å². The maximum absolute atomic E-state index is 11.9. The molecule has 0 saturated carbocycles. The molecule has 0 aliphatic carbocycles. The molecular weight excluding hydrogens is 316 g/mol. The first-order valence-electron chi connectivity index (χ1n) is 7.27. The molecule has 0 unspecified atom stereocenters. The zero-order valence-electron chi connectivity index (χ0n) is 12.7. The lowest BCUT2D eigenvalue weighted by Gasteiger charge is -2.08. The second kappa shape index (κ2) is 7.23. The summed E-state index contributed by atoms with van der Waals surface area (Å²) < 4.78 is 26.2. The molecule has 0 heterocycles. The molecule has 2 rings (SSSR count). The summed E-state index contributed by atoms with van der Waals surface area (Å²) >= 11 is 0. The number of nitro benzene ring substituents is 1. The van der Waals surface area contributed by atoms with Crippen molar-refractivity contribution in [3.63, 3.8) is 0 Å². The maximum Gasteiger partial charge on any atom is 0.277 e. The van der Waals surface area contributed by atoms with E-state index in [-0.39, 0.29) is 11.4 Å². The van der Waals surface area contributed by atoms with Crippen LogP contribution >= 0.6 is 0 Å². The molecule has 2 aromatic rings. The summed E-state index contributed by atoms with van der Waals surface area (Å²) in [6.45, 7) is 1.93. The Labute approximate surface area is 135 Å².